The Kier molecular flexibility index (Phi) is 8.66. The van der Waals surface area contributed by atoms with E-state index in [0.29, 0.717) is 11.4 Å². The van der Waals surface area contributed by atoms with Gasteiger partial charge in [0.15, 0.2) is 8.32 Å². The number of rotatable bonds is 11. The van der Waals surface area contributed by atoms with E-state index >= 15 is 0 Å². The monoisotopic (exact) mass is 603 g/mol. The minimum atomic E-state index is -3.58. The number of anilines is 3. The molecule has 4 aromatic rings. The Morgan fingerprint density at radius 2 is 1.88 bits per heavy atom. The molecule has 0 amide bonds. The summed E-state index contributed by atoms with van der Waals surface area (Å²) in [7, 11) is -5.74. The lowest BCUT2D eigenvalue weighted by Gasteiger charge is -2.36. The zero-order valence-electron chi connectivity index (χ0n) is 24.1. The van der Waals surface area contributed by atoms with Crippen molar-refractivity contribution in [1.82, 2.24) is 24.9 Å². The quantitative estimate of drug-likeness (QED) is 0.177. The van der Waals surface area contributed by atoms with E-state index in [0.717, 1.165) is 27.8 Å². The van der Waals surface area contributed by atoms with Crippen LogP contribution in [-0.4, -0.2) is 55.8 Å². The third-order valence-corrected chi connectivity index (χ3v) is 12.7. The number of pyridine rings is 1. The zero-order chi connectivity index (χ0) is 29.3. The molecule has 0 saturated heterocycles. The Morgan fingerprint density at radius 3 is 2.55 bits per heavy atom. The molecule has 40 heavy (non-hydrogen) atoms. The van der Waals surface area contributed by atoms with Gasteiger partial charge in [-0.15, -0.1) is 21.5 Å². The highest BCUT2D eigenvalue weighted by Gasteiger charge is 2.38. The molecule has 1 unspecified atom stereocenters. The van der Waals surface area contributed by atoms with Crippen molar-refractivity contribution in [3.8, 4) is 11.5 Å². The molecule has 1 atom stereocenters. The maximum absolute atomic E-state index is 12.2. The molecule has 0 saturated carbocycles. The van der Waals surface area contributed by atoms with Crippen molar-refractivity contribution in [3.63, 3.8) is 0 Å². The maximum atomic E-state index is 12.2. The fraction of sp³-hybridized carbons (Fsp3) is 0.462. The first-order valence-corrected chi connectivity index (χ1v) is 18.6. The lowest BCUT2D eigenvalue weighted by molar-refractivity contribution is 0.238. The van der Waals surface area contributed by atoms with E-state index in [2.05, 4.69) is 69.4 Å². The van der Waals surface area contributed by atoms with Crippen LogP contribution in [0.3, 0.4) is 0 Å². The number of nitrogens with one attached hydrogen (secondary N) is 3. The summed E-state index contributed by atoms with van der Waals surface area (Å²) in [4.78, 5) is 8.90. The maximum Gasteiger partial charge on any atom is 0.251 e. The Morgan fingerprint density at radius 1 is 1.12 bits per heavy atom. The van der Waals surface area contributed by atoms with E-state index in [-0.39, 0.29) is 29.5 Å². The van der Waals surface area contributed by atoms with Gasteiger partial charge in [-0.3, -0.25) is 0 Å². The van der Waals surface area contributed by atoms with Crippen molar-refractivity contribution in [3.05, 3.63) is 41.9 Å². The Hall–Kier alpha value is -2.91. The van der Waals surface area contributed by atoms with Crippen molar-refractivity contribution in [2.45, 2.75) is 64.8 Å². The second kappa shape index (κ2) is 11.5. The number of benzene rings is 1. The first-order valence-electron chi connectivity index (χ1n) is 12.9. The summed E-state index contributed by atoms with van der Waals surface area (Å²) in [5.41, 5.74) is 5.00. The second-order valence-electron chi connectivity index (χ2n) is 11.5. The van der Waals surface area contributed by atoms with Crippen LogP contribution in [0.1, 0.15) is 46.6 Å². The average molecular weight is 604 g/mol. The van der Waals surface area contributed by atoms with Gasteiger partial charge in [0.1, 0.15) is 11.9 Å². The van der Waals surface area contributed by atoms with Crippen LogP contribution in [0.4, 0.5) is 17.2 Å². The van der Waals surface area contributed by atoms with Crippen molar-refractivity contribution < 1.29 is 17.3 Å². The lowest BCUT2D eigenvalue weighted by atomic mass is 10.2. The molecule has 0 bridgehead atoms. The van der Waals surface area contributed by atoms with Crippen LogP contribution in [0.2, 0.25) is 18.1 Å². The van der Waals surface area contributed by atoms with Crippen LogP contribution < -0.4 is 15.4 Å². The van der Waals surface area contributed by atoms with Crippen LogP contribution in [0.5, 0.6) is 0 Å². The molecular formula is C26H37N7O4S2Si. The highest BCUT2D eigenvalue weighted by Crippen LogP contribution is 2.37. The third-order valence-electron chi connectivity index (χ3n) is 6.69. The molecule has 0 radical (unpaired) electrons. The van der Waals surface area contributed by atoms with Crippen LogP contribution in [0.15, 0.2) is 40.4 Å². The van der Waals surface area contributed by atoms with E-state index in [9.17, 15) is 8.42 Å². The van der Waals surface area contributed by atoms with E-state index < -0.39 is 24.4 Å². The highest BCUT2D eigenvalue weighted by molar-refractivity contribution is 7.88. The SMILES string of the molecule is CC(C)Nc1cc(Nc2ccc3ncsc3c2)ncc1-c1nnc(C(CO[Si](C)(C)C(C)(C)C)NS(C)(=O)=O)o1. The van der Waals surface area contributed by atoms with Crippen LogP contribution in [-0.2, 0) is 14.4 Å². The molecule has 0 spiro atoms. The van der Waals surface area contributed by atoms with E-state index in [4.69, 9.17) is 8.84 Å². The predicted molar refractivity (Wildman–Crippen MR) is 163 cm³/mol. The molecule has 14 heteroatoms. The molecule has 4 rings (SSSR count). The van der Waals surface area contributed by atoms with Gasteiger partial charge >= 0.3 is 0 Å². The standard InChI is InChI=1S/C26H37N7O4S2Si/c1-16(2)29-20-12-23(30-17-9-10-19-22(11-17)38-15-28-19)27-13-18(20)24-31-32-25(37-24)21(33-39(6,34)35)14-36-40(7,8)26(3,4)5/h9-13,15-16,21,33H,14H2,1-8H3,(H2,27,29,30). The fourth-order valence-electron chi connectivity index (χ4n) is 3.61. The van der Waals surface area contributed by atoms with Crippen LogP contribution in [0, 0.1) is 0 Å². The topological polar surface area (TPSA) is 144 Å². The number of hydrogen-bond donors (Lipinski definition) is 3. The van der Waals surface area contributed by atoms with Crippen LogP contribution >= 0.6 is 11.3 Å². The van der Waals surface area contributed by atoms with Gasteiger partial charge in [-0.25, -0.2) is 23.1 Å². The first kappa shape index (κ1) is 30.1. The van der Waals surface area contributed by atoms with Gasteiger partial charge in [0.2, 0.25) is 15.9 Å². The van der Waals surface area contributed by atoms with Gasteiger partial charge < -0.3 is 19.5 Å². The van der Waals surface area contributed by atoms with Gasteiger partial charge in [-0.1, -0.05) is 20.8 Å². The summed E-state index contributed by atoms with van der Waals surface area (Å²) >= 11 is 1.58. The summed E-state index contributed by atoms with van der Waals surface area (Å²) < 4.78 is 40.3. The van der Waals surface area contributed by atoms with Crippen molar-refractivity contribution in [2.75, 3.05) is 23.5 Å². The number of aromatic nitrogens is 4. The summed E-state index contributed by atoms with van der Waals surface area (Å²) in [6.07, 6.45) is 2.75. The summed E-state index contributed by atoms with van der Waals surface area (Å²) in [6.45, 7) is 14.7. The molecule has 3 aromatic heterocycles. The van der Waals surface area contributed by atoms with E-state index in [1.165, 1.54) is 0 Å². The smallest absolute Gasteiger partial charge is 0.251 e. The predicted octanol–water partition coefficient (Wildman–Crippen LogP) is 5.92. The van der Waals surface area contributed by atoms with E-state index in [1.807, 2.05) is 43.6 Å². The molecule has 3 heterocycles. The van der Waals surface area contributed by atoms with Gasteiger partial charge in [-0.2, -0.15) is 0 Å². The molecular weight excluding hydrogens is 567 g/mol. The first-order chi connectivity index (χ1) is 18.6. The average Bonchev–Trinajstić information content (AvgIpc) is 3.50. The third kappa shape index (κ3) is 7.43. The zero-order valence-corrected chi connectivity index (χ0v) is 26.7. The van der Waals surface area contributed by atoms with Gasteiger partial charge in [0, 0.05) is 24.0 Å². The molecule has 0 aliphatic rings. The molecule has 0 fully saturated rings. The summed E-state index contributed by atoms with van der Waals surface area (Å²) in [5.74, 6) is 0.973. The van der Waals surface area contributed by atoms with Crippen molar-refractivity contribution in [2.24, 2.45) is 0 Å². The number of thiazole rings is 1. The summed E-state index contributed by atoms with van der Waals surface area (Å²) in [5, 5.41) is 15.1. The Balaban J connectivity index is 1.62. The Labute approximate surface area is 240 Å². The minimum Gasteiger partial charge on any atom is -0.419 e. The number of sulfonamides is 1. The normalized spacial score (nSPS) is 13.6. The number of fused-ring (bicyclic) bond motifs is 1. The number of nitrogens with zero attached hydrogens (tertiary/aromatic N) is 4. The van der Waals surface area contributed by atoms with Gasteiger partial charge in [0.05, 0.1) is 39.8 Å². The molecule has 3 N–H and O–H groups in total. The van der Waals surface area contributed by atoms with Gasteiger partial charge in [0.25, 0.3) is 5.89 Å². The molecule has 0 aliphatic carbocycles. The summed E-state index contributed by atoms with van der Waals surface area (Å²) in [6, 6.07) is 7.11. The van der Waals surface area contributed by atoms with Crippen molar-refractivity contribution >= 4 is 57.1 Å². The Bertz CT molecular complexity index is 1580. The second-order valence-corrected chi connectivity index (χ2v) is 19.0. The van der Waals surface area contributed by atoms with Crippen LogP contribution in [0.25, 0.3) is 21.7 Å². The molecule has 0 aliphatic heterocycles. The van der Waals surface area contributed by atoms with Crippen molar-refractivity contribution in [1.29, 1.82) is 0 Å². The molecule has 1 aromatic carbocycles. The highest BCUT2D eigenvalue weighted by atomic mass is 32.2. The largest absolute Gasteiger partial charge is 0.419 e. The van der Waals surface area contributed by atoms with Gasteiger partial charge in [-0.05, 0) is 50.2 Å². The van der Waals surface area contributed by atoms with E-state index in [1.54, 1.807) is 17.5 Å². The molecule has 11 nitrogen and oxygen atoms in total. The lowest BCUT2D eigenvalue weighted by Crippen LogP contribution is -2.43. The number of hydrogen-bond acceptors (Lipinski definition) is 11. The fourth-order valence-corrected chi connectivity index (χ4v) is 6.03. The minimum absolute atomic E-state index is 0.0477. The molecule has 216 valence electrons.